The molecule has 2 amide bonds. The number of likely N-dealkylation sites (N-methyl/N-ethyl adjacent to an activating group) is 1. The number of amides is 2. The van der Waals surface area contributed by atoms with Gasteiger partial charge in [0.05, 0.1) is 19.1 Å². The van der Waals surface area contributed by atoms with E-state index in [0.717, 1.165) is 61.1 Å². The van der Waals surface area contributed by atoms with E-state index in [-0.39, 0.29) is 23.8 Å². The highest BCUT2D eigenvalue weighted by Crippen LogP contribution is 2.30. The van der Waals surface area contributed by atoms with Crippen molar-refractivity contribution >= 4 is 11.8 Å². The van der Waals surface area contributed by atoms with Crippen molar-refractivity contribution in [2.24, 2.45) is 5.92 Å². The minimum absolute atomic E-state index is 0.0509. The van der Waals surface area contributed by atoms with Crippen molar-refractivity contribution in [2.45, 2.75) is 51.0 Å². The summed E-state index contributed by atoms with van der Waals surface area (Å²) in [5, 5.41) is 4.16. The summed E-state index contributed by atoms with van der Waals surface area (Å²) >= 11 is 0. The predicted octanol–water partition coefficient (Wildman–Crippen LogP) is 4.39. The van der Waals surface area contributed by atoms with Gasteiger partial charge in [-0.05, 0) is 80.7 Å². The number of hydrogen-bond acceptors (Lipinski definition) is 6. The van der Waals surface area contributed by atoms with Crippen molar-refractivity contribution in [3.63, 3.8) is 0 Å². The number of aromatic nitrogens is 1. The molecule has 0 saturated carbocycles. The molecule has 0 unspecified atom stereocenters. The molecule has 0 N–H and O–H groups in total. The Bertz CT molecular complexity index is 1190. The molecule has 1 atom stereocenters. The van der Waals surface area contributed by atoms with Crippen LogP contribution in [0.4, 0.5) is 0 Å². The van der Waals surface area contributed by atoms with E-state index in [0.29, 0.717) is 31.0 Å². The Morgan fingerprint density at radius 1 is 1.17 bits per heavy atom. The molecule has 190 valence electrons. The summed E-state index contributed by atoms with van der Waals surface area (Å²) in [5.41, 5.74) is 3.04. The number of benzene rings is 1. The monoisotopic (exact) mass is 491 g/mol. The minimum atomic E-state index is -0.139. The molecule has 1 saturated heterocycles. The number of carbonyl (C=O) groups excluding carboxylic acids is 2. The number of fused-ring (bicyclic) bond motifs is 1. The van der Waals surface area contributed by atoms with Gasteiger partial charge in [0.15, 0.2) is 5.76 Å². The maximum absolute atomic E-state index is 13.3. The fourth-order valence-electron chi connectivity index (χ4n) is 5.58. The summed E-state index contributed by atoms with van der Waals surface area (Å²) < 4.78 is 16.3. The average molecular weight is 492 g/mol. The molecule has 3 aromatic rings. The lowest BCUT2D eigenvalue weighted by Gasteiger charge is -2.39. The molecule has 8 nitrogen and oxygen atoms in total. The van der Waals surface area contributed by atoms with Crippen LogP contribution in [0, 0.1) is 5.92 Å². The third-order valence-electron chi connectivity index (χ3n) is 7.65. The zero-order chi connectivity index (χ0) is 25.1. The van der Waals surface area contributed by atoms with Gasteiger partial charge in [0, 0.05) is 31.7 Å². The molecule has 0 spiro atoms. The van der Waals surface area contributed by atoms with Gasteiger partial charge in [-0.1, -0.05) is 17.3 Å². The summed E-state index contributed by atoms with van der Waals surface area (Å²) in [4.78, 5) is 30.1. The second-order valence-electron chi connectivity index (χ2n) is 9.79. The van der Waals surface area contributed by atoms with Crippen molar-refractivity contribution < 1.29 is 23.3 Å². The maximum atomic E-state index is 13.3. The fourth-order valence-corrected chi connectivity index (χ4v) is 5.58. The standard InChI is InChI=1S/C28H33N3O5/c1-30(27(32)25-11-6-16-35-25)24(18-19-7-5-8-21(17-19)34-2)20-12-14-31(15-13-20)28(33)26-22-9-3-4-10-23(22)29-36-26/h5-8,11,16-17,20,24H,3-4,9-10,12-15,18H2,1-2H3/t24-/m1/s1. The highest BCUT2D eigenvalue weighted by Gasteiger charge is 2.35. The number of carbonyl (C=O) groups is 2. The van der Waals surface area contributed by atoms with Crippen LogP contribution in [0.1, 0.15) is 63.6 Å². The molecule has 1 aliphatic heterocycles. The Hall–Kier alpha value is -3.55. The van der Waals surface area contributed by atoms with Crippen LogP contribution in [0.5, 0.6) is 5.75 Å². The van der Waals surface area contributed by atoms with Gasteiger partial charge in [-0.25, -0.2) is 0 Å². The first kappa shape index (κ1) is 24.2. The van der Waals surface area contributed by atoms with Gasteiger partial charge in [-0.3, -0.25) is 9.59 Å². The molecular weight excluding hydrogens is 458 g/mol. The van der Waals surface area contributed by atoms with Crippen molar-refractivity contribution in [2.75, 3.05) is 27.2 Å². The highest BCUT2D eigenvalue weighted by molar-refractivity contribution is 5.93. The summed E-state index contributed by atoms with van der Waals surface area (Å²) in [6.45, 7) is 1.24. The lowest BCUT2D eigenvalue weighted by molar-refractivity contribution is 0.0487. The highest BCUT2D eigenvalue weighted by atomic mass is 16.5. The number of hydrogen-bond donors (Lipinski definition) is 0. The summed E-state index contributed by atoms with van der Waals surface area (Å²) in [5.74, 6) is 1.57. The molecule has 1 aromatic carbocycles. The number of furan rings is 1. The lowest BCUT2D eigenvalue weighted by Crippen LogP contribution is -2.48. The van der Waals surface area contributed by atoms with Crippen LogP contribution in [0.15, 0.2) is 51.6 Å². The van der Waals surface area contributed by atoms with E-state index in [1.165, 1.54) is 6.26 Å². The van der Waals surface area contributed by atoms with Crippen molar-refractivity contribution in [1.29, 1.82) is 0 Å². The van der Waals surface area contributed by atoms with E-state index < -0.39 is 0 Å². The van der Waals surface area contributed by atoms with E-state index in [9.17, 15) is 9.59 Å². The molecule has 2 aromatic heterocycles. The predicted molar refractivity (Wildman–Crippen MR) is 133 cm³/mol. The first-order valence-corrected chi connectivity index (χ1v) is 12.8. The van der Waals surface area contributed by atoms with Crippen molar-refractivity contribution in [3.8, 4) is 5.75 Å². The van der Waals surface area contributed by atoms with E-state index in [1.807, 2.05) is 30.1 Å². The van der Waals surface area contributed by atoms with Crippen LogP contribution < -0.4 is 4.74 Å². The molecule has 36 heavy (non-hydrogen) atoms. The maximum Gasteiger partial charge on any atom is 0.292 e. The van der Waals surface area contributed by atoms with Crippen molar-refractivity contribution in [3.05, 3.63) is 71.0 Å². The number of piperidine rings is 1. The van der Waals surface area contributed by atoms with E-state index in [4.69, 9.17) is 13.7 Å². The van der Waals surface area contributed by atoms with Crippen LogP contribution in [0.3, 0.4) is 0 Å². The summed E-state index contributed by atoms with van der Waals surface area (Å²) in [6.07, 6.45) is 7.71. The second-order valence-corrected chi connectivity index (χ2v) is 9.79. The Balaban J connectivity index is 1.31. The molecule has 8 heteroatoms. The van der Waals surface area contributed by atoms with Gasteiger partial charge >= 0.3 is 0 Å². The SMILES string of the molecule is COc1cccc(C[C@H](C2CCN(C(=O)c3onc4c3CCCC4)CC2)N(C)C(=O)c2ccco2)c1. The van der Waals surface area contributed by atoms with Crippen LogP contribution in [0.2, 0.25) is 0 Å². The van der Waals surface area contributed by atoms with Gasteiger partial charge in [-0.2, -0.15) is 0 Å². The lowest BCUT2D eigenvalue weighted by atomic mass is 9.84. The molecule has 0 bridgehead atoms. The van der Waals surface area contributed by atoms with Crippen LogP contribution in [-0.2, 0) is 19.3 Å². The van der Waals surface area contributed by atoms with E-state index in [1.54, 1.807) is 24.1 Å². The number of ether oxygens (including phenoxy) is 1. The van der Waals surface area contributed by atoms with E-state index in [2.05, 4.69) is 11.2 Å². The summed E-state index contributed by atoms with van der Waals surface area (Å²) in [7, 11) is 3.50. The molecular formula is C28H33N3O5. The van der Waals surface area contributed by atoms with Crippen LogP contribution in [0.25, 0.3) is 0 Å². The molecule has 1 aliphatic carbocycles. The Morgan fingerprint density at radius 2 is 1.97 bits per heavy atom. The van der Waals surface area contributed by atoms with Gasteiger partial charge in [0.1, 0.15) is 5.75 Å². The Morgan fingerprint density at radius 3 is 2.72 bits per heavy atom. The number of aryl methyl sites for hydroxylation is 1. The van der Waals surface area contributed by atoms with Crippen LogP contribution in [-0.4, -0.2) is 60.1 Å². The zero-order valence-electron chi connectivity index (χ0n) is 20.9. The van der Waals surface area contributed by atoms with Gasteiger partial charge in [0.25, 0.3) is 11.8 Å². The Labute approximate surface area is 211 Å². The second kappa shape index (κ2) is 10.6. The van der Waals surface area contributed by atoms with Gasteiger partial charge in [-0.15, -0.1) is 0 Å². The molecule has 5 rings (SSSR count). The number of nitrogens with zero attached hydrogens (tertiary/aromatic N) is 3. The number of likely N-dealkylation sites (tertiary alicyclic amines) is 1. The minimum Gasteiger partial charge on any atom is -0.497 e. The number of methoxy groups -OCH3 is 1. The van der Waals surface area contributed by atoms with Crippen LogP contribution >= 0.6 is 0 Å². The first-order valence-electron chi connectivity index (χ1n) is 12.8. The quantitative estimate of drug-likeness (QED) is 0.487. The molecule has 3 heterocycles. The van der Waals surface area contributed by atoms with Gasteiger partial charge in [0.2, 0.25) is 5.76 Å². The molecule has 1 fully saturated rings. The first-order chi connectivity index (χ1) is 17.5. The van der Waals surface area contributed by atoms with Crippen molar-refractivity contribution in [1.82, 2.24) is 15.0 Å². The topological polar surface area (TPSA) is 89.0 Å². The summed E-state index contributed by atoms with van der Waals surface area (Å²) in [6, 6.07) is 11.3. The normalized spacial score (nSPS) is 16.9. The fraction of sp³-hybridized carbons (Fsp3) is 0.464. The van der Waals surface area contributed by atoms with E-state index >= 15 is 0 Å². The average Bonchev–Trinajstić information content (AvgIpc) is 3.61. The largest absolute Gasteiger partial charge is 0.497 e. The van der Waals surface area contributed by atoms with Gasteiger partial charge < -0.3 is 23.5 Å². The number of rotatable bonds is 7. The third kappa shape index (κ3) is 4.90. The molecule has 2 aliphatic rings. The molecule has 0 radical (unpaired) electrons. The third-order valence-corrected chi connectivity index (χ3v) is 7.65. The smallest absolute Gasteiger partial charge is 0.292 e. The zero-order valence-corrected chi connectivity index (χ0v) is 20.9. The Kier molecular flexibility index (Phi) is 7.11.